The third kappa shape index (κ3) is 5.18. The van der Waals surface area contributed by atoms with E-state index in [9.17, 15) is 4.79 Å². The summed E-state index contributed by atoms with van der Waals surface area (Å²) in [5.74, 6) is 1.58. The van der Waals surface area contributed by atoms with Gasteiger partial charge in [0.25, 0.3) is 0 Å². The zero-order valence-electron chi connectivity index (χ0n) is 15.9. The molecule has 2 aliphatic heterocycles. The van der Waals surface area contributed by atoms with E-state index in [1.165, 1.54) is 25.1 Å². The summed E-state index contributed by atoms with van der Waals surface area (Å²) < 4.78 is 0. The van der Waals surface area contributed by atoms with Crippen LogP contribution in [-0.4, -0.2) is 48.4 Å². The van der Waals surface area contributed by atoms with Gasteiger partial charge < -0.3 is 10.2 Å². The predicted octanol–water partition coefficient (Wildman–Crippen LogP) is 3.47. The van der Waals surface area contributed by atoms with E-state index in [0.717, 1.165) is 43.7 Å². The number of nitrogens with zero attached hydrogens (tertiary/aromatic N) is 2. The van der Waals surface area contributed by atoms with Crippen molar-refractivity contribution in [1.29, 1.82) is 0 Å². The third-order valence-corrected chi connectivity index (χ3v) is 5.69. The Kier molecular flexibility index (Phi) is 5.85. The summed E-state index contributed by atoms with van der Waals surface area (Å²) in [7, 11) is 0. The van der Waals surface area contributed by atoms with Crippen LogP contribution < -0.4 is 5.32 Å². The van der Waals surface area contributed by atoms with E-state index in [4.69, 9.17) is 0 Å². The first-order valence-electron chi connectivity index (χ1n) is 10.1. The lowest BCUT2D eigenvalue weighted by atomic mass is 9.84. The average molecular weight is 364 g/mol. The molecule has 1 amide bonds. The number of anilines is 1. The Bertz CT molecular complexity index is 720. The van der Waals surface area contributed by atoms with Gasteiger partial charge in [0.1, 0.15) is 0 Å². The molecule has 2 aromatic carbocycles. The van der Waals surface area contributed by atoms with Crippen LogP contribution in [-0.2, 0) is 11.3 Å². The molecule has 2 heterocycles. The van der Waals surface area contributed by atoms with Gasteiger partial charge >= 0.3 is 0 Å². The molecule has 2 aliphatic rings. The van der Waals surface area contributed by atoms with Crippen LogP contribution in [0.5, 0.6) is 0 Å². The fourth-order valence-corrected chi connectivity index (χ4v) is 4.65. The molecule has 2 aromatic rings. The summed E-state index contributed by atoms with van der Waals surface area (Å²) in [6.45, 7) is 6.54. The molecular weight excluding hydrogens is 334 g/mol. The molecule has 2 bridgehead atoms. The largest absolute Gasteiger partial charge is 0.326 e. The molecule has 0 spiro atoms. The van der Waals surface area contributed by atoms with Gasteiger partial charge in [-0.05, 0) is 36.0 Å². The van der Waals surface area contributed by atoms with Gasteiger partial charge in [0.05, 0.1) is 0 Å². The molecule has 1 N–H and O–H groups in total. The van der Waals surface area contributed by atoms with Crippen molar-refractivity contribution >= 4 is 11.6 Å². The Labute approximate surface area is 162 Å². The second kappa shape index (κ2) is 8.68. The van der Waals surface area contributed by atoms with E-state index in [2.05, 4.69) is 45.4 Å². The standard InChI is InChI=1S/C23H29N3O/c27-23(24-22-9-5-2-6-10-22)11-12-25-15-20-13-21(16-25)18-26(17-20)14-19-7-3-1-4-8-19/h1-10,20-21H,11-18H2,(H,24,27). The Balaban J connectivity index is 1.23. The number of nitrogens with one attached hydrogen (secondary N) is 1. The van der Waals surface area contributed by atoms with Gasteiger partial charge in [0.15, 0.2) is 0 Å². The van der Waals surface area contributed by atoms with Crippen molar-refractivity contribution in [3.8, 4) is 0 Å². The number of para-hydroxylation sites is 1. The maximum atomic E-state index is 12.2. The van der Waals surface area contributed by atoms with Crippen LogP contribution in [0.4, 0.5) is 5.69 Å². The summed E-state index contributed by atoms with van der Waals surface area (Å²) in [6, 6.07) is 20.5. The van der Waals surface area contributed by atoms with Crippen molar-refractivity contribution < 1.29 is 4.79 Å². The first-order valence-corrected chi connectivity index (χ1v) is 10.1. The van der Waals surface area contributed by atoms with E-state index in [0.29, 0.717) is 6.42 Å². The molecule has 4 heteroatoms. The second-order valence-electron chi connectivity index (χ2n) is 8.07. The number of amides is 1. The summed E-state index contributed by atoms with van der Waals surface area (Å²) in [5.41, 5.74) is 2.29. The molecule has 27 heavy (non-hydrogen) atoms. The van der Waals surface area contributed by atoms with Crippen LogP contribution >= 0.6 is 0 Å². The fraction of sp³-hybridized carbons (Fsp3) is 0.435. The number of rotatable bonds is 6. The van der Waals surface area contributed by atoms with Crippen LogP contribution in [0.15, 0.2) is 60.7 Å². The first-order chi connectivity index (χ1) is 13.2. The predicted molar refractivity (Wildman–Crippen MR) is 109 cm³/mol. The smallest absolute Gasteiger partial charge is 0.225 e. The molecule has 0 saturated carbocycles. The Morgan fingerprint density at radius 3 is 2.11 bits per heavy atom. The van der Waals surface area contributed by atoms with Crippen molar-refractivity contribution in [3.63, 3.8) is 0 Å². The second-order valence-corrected chi connectivity index (χ2v) is 8.07. The maximum absolute atomic E-state index is 12.2. The van der Waals surface area contributed by atoms with Crippen LogP contribution in [0.3, 0.4) is 0 Å². The molecule has 0 radical (unpaired) electrons. The van der Waals surface area contributed by atoms with Crippen LogP contribution in [0.25, 0.3) is 0 Å². The van der Waals surface area contributed by atoms with E-state index < -0.39 is 0 Å². The molecule has 4 nitrogen and oxygen atoms in total. The number of fused-ring (bicyclic) bond motifs is 2. The molecule has 142 valence electrons. The van der Waals surface area contributed by atoms with Crippen molar-refractivity contribution in [1.82, 2.24) is 9.80 Å². The Morgan fingerprint density at radius 1 is 0.852 bits per heavy atom. The molecule has 2 saturated heterocycles. The molecule has 4 rings (SSSR count). The average Bonchev–Trinajstić information content (AvgIpc) is 2.67. The molecule has 2 unspecified atom stereocenters. The minimum atomic E-state index is 0.114. The summed E-state index contributed by atoms with van der Waals surface area (Å²) in [4.78, 5) is 17.3. The molecule has 0 aromatic heterocycles. The van der Waals surface area contributed by atoms with Crippen LogP contribution in [0.2, 0.25) is 0 Å². The SMILES string of the molecule is O=C(CCN1CC2CC(C1)CN(Cc1ccccc1)C2)Nc1ccccc1. The summed E-state index contributed by atoms with van der Waals surface area (Å²) >= 11 is 0. The lowest BCUT2D eigenvalue weighted by Gasteiger charge is -2.46. The summed E-state index contributed by atoms with van der Waals surface area (Å²) in [5, 5.41) is 2.99. The van der Waals surface area contributed by atoms with Crippen molar-refractivity contribution in [2.24, 2.45) is 11.8 Å². The van der Waals surface area contributed by atoms with Crippen molar-refractivity contribution in [2.45, 2.75) is 19.4 Å². The van der Waals surface area contributed by atoms with Crippen LogP contribution in [0, 0.1) is 11.8 Å². The minimum absolute atomic E-state index is 0.114. The molecule has 2 atom stereocenters. The summed E-state index contributed by atoms with van der Waals surface area (Å²) in [6.07, 6.45) is 1.92. The quantitative estimate of drug-likeness (QED) is 0.854. The molecular formula is C23H29N3O. The van der Waals surface area contributed by atoms with Gasteiger partial charge in [0.2, 0.25) is 5.91 Å². The van der Waals surface area contributed by atoms with Gasteiger partial charge in [-0.15, -0.1) is 0 Å². The number of likely N-dealkylation sites (tertiary alicyclic amines) is 2. The number of hydrogen-bond donors (Lipinski definition) is 1. The monoisotopic (exact) mass is 363 g/mol. The zero-order chi connectivity index (χ0) is 18.5. The van der Waals surface area contributed by atoms with Gasteiger partial charge in [-0.2, -0.15) is 0 Å². The fourth-order valence-electron chi connectivity index (χ4n) is 4.65. The van der Waals surface area contributed by atoms with E-state index in [1.54, 1.807) is 0 Å². The zero-order valence-corrected chi connectivity index (χ0v) is 15.9. The Hall–Kier alpha value is -2.17. The van der Waals surface area contributed by atoms with Crippen molar-refractivity contribution in [3.05, 3.63) is 66.2 Å². The van der Waals surface area contributed by atoms with Crippen molar-refractivity contribution in [2.75, 3.05) is 38.0 Å². The Morgan fingerprint density at radius 2 is 1.44 bits per heavy atom. The van der Waals surface area contributed by atoms with Gasteiger partial charge in [0, 0.05) is 51.4 Å². The van der Waals surface area contributed by atoms with E-state index in [1.807, 2.05) is 30.3 Å². The van der Waals surface area contributed by atoms with E-state index >= 15 is 0 Å². The van der Waals surface area contributed by atoms with Gasteiger partial charge in [-0.3, -0.25) is 9.69 Å². The highest BCUT2D eigenvalue weighted by molar-refractivity contribution is 5.90. The van der Waals surface area contributed by atoms with E-state index in [-0.39, 0.29) is 5.91 Å². The first kappa shape index (κ1) is 18.2. The number of hydrogen-bond acceptors (Lipinski definition) is 3. The van der Waals surface area contributed by atoms with Crippen LogP contribution in [0.1, 0.15) is 18.4 Å². The van der Waals surface area contributed by atoms with Gasteiger partial charge in [-0.1, -0.05) is 48.5 Å². The number of carbonyl (C=O) groups excluding carboxylic acids is 1. The number of benzene rings is 2. The highest BCUT2D eigenvalue weighted by Gasteiger charge is 2.33. The molecule has 2 fully saturated rings. The normalized spacial score (nSPS) is 23.1. The highest BCUT2D eigenvalue weighted by Crippen LogP contribution is 2.29. The number of piperidine rings is 2. The minimum Gasteiger partial charge on any atom is -0.326 e. The lowest BCUT2D eigenvalue weighted by molar-refractivity contribution is -0.116. The maximum Gasteiger partial charge on any atom is 0.225 e. The topological polar surface area (TPSA) is 35.6 Å². The lowest BCUT2D eigenvalue weighted by Crippen LogP contribution is -2.52. The molecule has 0 aliphatic carbocycles. The van der Waals surface area contributed by atoms with Gasteiger partial charge in [-0.25, -0.2) is 0 Å². The number of carbonyl (C=O) groups is 1. The highest BCUT2D eigenvalue weighted by atomic mass is 16.1. The third-order valence-electron chi connectivity index (χ3n) is 5.69.